The van der Waals surface area contributed by atoms with E-state index in [-0.39, 0.29) is 21.9 Å². The zero-order valence-electron chi connectivity index (χ0n) is 12.2. The first-order valence-corrected chi connectivity index (χ1v) is 8.96. The van der Waals surface area contributed by atoms with Gasteiger partial charge < -0.3 is 9.26 Å². The minimum atomic E-state index is -3.59. The molecule has 1 aromatic rings. The third-order valence-corrected chi connectivity index (χ3v) is 6.71. The summed E-state index contributed by atoms with van der Waals surface area (Å²) in [7, 11) is -2.25. The zero-order chi connectivity index (χ0) is 15.6. The minimum Gasteiger partial charge on any atom is -0.468 e. The number of aryl methyl sites for hydroxylation is 2. The Morgan fingerprint density at radius 1 is 1.52 bits per heavy atom. The average molecular weight is 334 g/mol. The summed E-state index contributed by atoms with van der Waals surface area (Å²) in [6.45, 7) is 4.02. The predicted molar refractivity (Wildman–Crippen MR) is 77.6 cm³/mol. The Morgan fingerprint density at radius 3 is 2.81 bits per heavy atom. The molecule has 0 saturated carbocycles. The van der Waals surface area contributed by atoms with E-state index in [1.54, 1.807) is 13.8 Å². The Bertz CT molecular complexity index is 606. The second kappa shape index (κ2) is 6.37. The molecule has 1 saturated heterocycles. The lowest BCUT2D eigenvalue weighted by Crippen LogP contribution is -2.30. The van der Waals surface area contributed by atoms with Crippen molar-refractivity contribution in [2.24, 2.45) is 0 Å². The smallest absolute Gasteiger partial charge is 0.315 e. The molecule has 0 spiro atoms. The highest BCUT2D eigenvalue weighted by molar-refractivity contribution is 8.00. The molecular formula is C12H18N2O5S2. The molecule has 0 aromatic carbocycles. The van der Waals surface area contributed by atoms with Gasteiger partial charge in [-0.05, 0) is 20.3 Å². The molecule has 1 aromatic heterocycles. The molecule has 0 unspecified atom stereocenters. The minimum absolute atomic E-state index is 0.0966. The number of methoxy groups -OCH3 is 1. The van der Waals surface area contributed by atoms with Crippen LogP contribution in [0.1, 0.15) is 17.9 Å². The molecule has 1 atom stereocenters. The molecular weight excluding hydrogens is 316 g/mol. The molecule has 21 heavy (non-hydrogen) atoms. The molecule has 1 aliphatic heterocycles. The number of thioether (sulfide) groups is 1. The van der Waals surface area contributed by atoms with Gasteiger partial charge in [-0.1, -0.05) is 5.16 Å². The van der Waals surface area contributed by atoms with Crippen molar-refractivity contribution in [1.29, 1.82) is 0 Å². The largest absolute Gasteiger partial charge is 0.468 e. The molecule has 0 amide bonds. The van der Waals surface area contributed by atoms with Crippen molar-refractivity contribution in [3.8, 4) is 0 Å². The van der Waals surface area contributed by atoms with Gasteiger partial charge in [0.05, 0.1) is 12.9 Å². The average Bonchev–Trinajstić information content (AvgIpc) is 3.03. The lowest BCUT2D eigenvalue weighted by molar-refractivity contribution is -0.137. The first-order valence-electron chi connectivity index (χ1n) is 6.47. The van der Waals surface area contributed by atoms with Crippen LogP contribution in [0.2, 0.25) is 0 Å². The third kappa shape index (κ3) is 3.41. The van der Waals surface area contributed by atoms with E-state index in [4.69, 9.17) is 4.52 Å². The monoisotopic (exact) mass is 334 g/mol. The number of nitrogens with zero attached hydrogens (tertiary/aromatic N) is 2. The Balaban J connectivity index is 2.05. The first-order chi connectivity index (χ1) is 9.86. The standard InChI is InChI=1S/C12H18N2O5S2/c1-8-12(9(2)19-13-8)21(16,17)14-5-4-10(6-14)20-7-11(15)18-3/h10H,4-7H2,1-3H3/t10-/m1/s1. The SMILES string of the molecule is COC(=O)CS[C@@H]1CCN(S(=O)(=O)c2c(C)noc2C)C1. The summed E-state index contributed by atoms with van der Waals surface area (Å²) in [5, 5.41) is 3.79. The van der Waals surface area contributed by atoms with Crippen LogP contribution in [0.15, 0.2) is 9.42 Å². The van der Waals surface area contributed by atoms with Crippen LogP contribution in [0.4, 0.5) is 0 Å². The quantitative estimate of drug-likeness (QED) is 0.741. The number of rotatable bonds is 5. The second-order valence-corrected chi connectivity index (χ2v) is 7.98. The van der Waals surface area contributed by atoms with E-state index in [1.807, 2.05) is 0 Å². The maximum Gasteiger partial charge on any atom is 0.315 e. The molecule has 2 rings (SSSR count). The molecule has 0 N–H and O–H groups in total. The van der Waals surface area contributed by atoms with Crippen LogP contribution in [0.5, 0.6) is 0 Å². The van der Waals surface area contributed by atoms with Crippen LogP contribution in [0.25, 0.3) is 0 Å². The van der Waals surface area contributed by atoms with Crippen molar-refractivity contribution in [1.82, 2.24) is 9.46 Å². The van der Waals surface area contributed by atoms with E-state index >= 15 is 0 Å². The summed E-state index contributed by atoms with van der Waals surface area (Å²) in [4.78, 5) is 11.3. The molecule has 1 aliphatic rings. The van der Waals surface area contributed by atoms with Gasteiger partial charge in [-0.15, -0.1) is 11.8 Å². The van der Waals surface area contributed by atoms with Gasteiger partial charge in [-0.3, -0.25) is 4.79 Å². The van der Waals surface area contributed by atoms with Gasteiger partial charge in [0.2, 0.25) is 10.0 Å². The van der Waals surface area contributed by atoms with Gasteiger partial charge in [-0.25, -0.2) is 8.42 Å². The summed E-state index contributed by atoms with van der Waals surface area (Å²) in [6.07, 6.45) is 0.713. The van der Waals surface area contributed by atoms with E-state index < -0.39 is 10.0 Å². The highest BCUT2D eigenvalue weighted by atomic mass is 32.2. The van der Waals surface area contributed by atoms with Gasteiger partial charge in [0.15, 0.2) is 5.76 Å². The second-order valence-electron chi connectivity index (χ2n) is 4.81. The first kappa shape index (κ1) is 16.3. The van der Waals surface area contributed by atoms with Crippen molar-refractivity contribution in [2.45, 2.75) is 30.4 Å². The van der Waals surface area contributed by atoms with E-state index in [0.29, 0.717) is 31.0 Å². The fraction of sp³-hybridized carbons (Fsp3) is 0.667. The fourth-order valence-corrected chi connectivity index (χ4v) is 5.20. The lowest BCUT2D eigenvalue weighted by Gasteiger charge is -2.16. The van der Waals surface area contributed by atoms with Crippen LogP contribution >= 0.6 is 11.8 Å². The van der Waals surface area contributed by atoms with Gasteiger partial charge in [0.1, 0.15) is 10.6 Å². The highest BCUT2D eigenvalue weighted by Gasteiger charge is 2.36. The number of carbonyl (C=O) groups excluding carboxylic acids is 1. The molecule has 0 radical (unpaired) electrons. The topological polar surface area (TPSA) is 89.7 Å². The van der Waals surface area contributed by atoms with Crippen LogP contribution in [0, 0.1) is 13.8 Å². The summed E-state index contributed by atoms with van der Waals surface area (Å²) < 4.78 is 36.2. The maximum absolute atomic E-state index is 12.6. The van der Waals surface area contributed by atoms with Crippen LogP contribution in [-0.4, -0.2) is 55.1 Å². The molecule has 9 heteroatoms. The van der Waals surface area contributed by atoms with Crippen LogP contribution in [0.3, 0.4) is 0 Å². The van der Waals surface area contributed by atoms with Crippen molar-refractivity contribution in [3.05, 3.63) is 11.5 Å². The maximum atomic E-state index is 12.6. The number of carbonyl (C=O) groups is 1. The molecule has 118 valence electrons. The summed E-state index contributed by atoms with van der Waals surface area (Å²) in [6, 6.07) is 0. The summed E-state index contributed by atoms with van der Waals surface area (Å²) in [5.41, 5.74) is 0.373. The number of hydrogen-bond acceptors (Lipinski definition) is 7. The van der Waals surface area contributed by atoms with Crippen molar-refractivity contribution < 1.29 is 22.5 Å². The Labute approximate surface area is 128 Å². The van der Waals surface area contributed by atoms with E-state index in [0.717, 1.165) is 0 Å². The van der Waals surface area contributed by atoms with E-state index in [9.17, 15) is 13.2 Å². The van der Waals surface area contributed by atoms with Gasteiger partial charge in [0, 0.05) is 18.3 Å². The zero-order valence-corrected chi connectivity index (χ0v) is 13.8. The lowest BCUT2D eigenvalue weighted by atomic mass is 10.4. The van der Waals surface area contributed by atoms with Crippen LogP contribution < -0.4 is 0 Å². The normalized spacial score (nSPS) is 19.9. The van der Waals surface area contributed by atoms with Gasteiger partial charge in [0.25, 0.3) is 0 Å². The fourth-order valence-electron chi connectivity index (χ4n) is 2.27. The third-order valence-electron chi connectivity index (χ3n) is 3.34. The molecule has 7 nitrogen and oxygen atoms in total. The molecule has 0 aliphatic carbocycles. The van der Waals surface area contributed by atoms with E-state index in [2.05, 4.69) is 9.89 Å². The predicted octanol–water partition coefficient (Wildman–Crippen LogP) is 0.961. The number of sulfonamides is 1. The van der Waals surface area contributed by atoms with Crippen molar-refractivity contribution in [3.63, 3.8) is 0 Å². The number of hydrogen-bond donors (Lipinski definition) is 0. The molecule has 1 fully saturated rings. The van der Waals surface area contributed by atoms with Gasteiger partial charge >= 0.3 is 5.97 Å². The summed E-state index contributed by atoms with van der Waals surface area (Å²) >= 11 is 1.42. The Kier molecular flexibility index (Phi) is 4.95. The summed E-state index contributed by atoms with van der Waals surface area (Å²) in [5.74, 6) is 0.241. The molecule has 2 heterocycles. The van der Waals surface area contributed by atoms with Crippen LogP contribution in [-0.2, 0) is 19.6 Å². The Hall–Kier alpha value is -1.06. The Morgan fingerprint density at radius 2 is 2.24 bits per heavy atom. The van der Waals surface area contributed by atoms with E-state index in [1.165, 1.54) is 23.2 Å². The van der Waals surface area contributed by atoms with Gasteiger partial charge in [-0.2, -0.15) is 4.31 Å². The number of aromatic nitrogens is 1. The molecule has 0 bridgehead atoms. The number of ether oxygens (including phenoxy) is 1. The van der Waals surface area contributed by atoms with Crippen molar-refractivity contribution >= 4 is 27.8 Å². The number of esters is 1. The highest BCUT2D eigenvalue weighted by Crippen LogP contribution is 2.30. The van der Waals surface area contributed by atoms with Crippen molar-refractivity contribution in [2.75, 3.05) is 26.0 Å².